The molecule has 0 bridgehead atoms. The van der Waals surface area contributed by atoms with Crippen molar-refractivity contribution >= 4 is 32.4 Å². The molecule has 4 N–H and O–H groups in total. The maximum atomic E-state index is 10.1. The van der Waals surface area contributed by atoms with E-state index in [1.807, 2.05) is 18.2 Å². The van der Waals surface area contributed by atoms with Gasteiger partial charge in [-0.05, 0) is 18.2 Å². The maximum absolute atomic E-state index is 10.1. The molecule has 0 spiro atoms. The lowest BCUT2D eigenvalue weighted by atomic mass is 10.0. The third-order valence-corrected chi connectivity index (χ3v) is 4.04. The highest BCUT2D eigenvalue weighted by molar-refractivity contribution is 7.22. The molecule has 0 aliphatic carbocycles. The lowest BCUT2D eigenvalue weighted by Gasteiger charge is -2.20. The summed E-state index contributed by atoms with van der Waals surface area (Å²) in [5.74, 6) is 0. The fourth-order valence-electron chi connectivity index (χ4n) is 1.99. The van der Waals surface area contributed by atoms with Crippen molar-refractivity contribution in [2.75, 3.05) is 30.8 Å². The van der Waals surface area contributed by atoms with E-state index in [0.717, 1.165) is 21.0 Å². The molecule has 1 aliphatic heterocycles. The second kappa shape index (κ2) is 4.38. The summed E-state index contributed by atoms with van der Waals surface area (Å²) in [6, 6.07) is 5.65. The average Bonchev–Trinajstić information content (AvgIpc) is 2.93. The van der Waals surface area contributed by atoms with Crippen LogP contribution in [0.4, 0.5) is 10.8 Å². The van der Waals surface area contributed by atoms with E-state index in [9.17, 15) is 5.11 Å². The fourth-order valence-corrected chi connectivity index (χ4v) is 2.90. The molecule has 1 saturated heterocycles. The molecule has 18 heavy (non-hydrogen) atoms. The van der Waals surface area contributed by atoms with Gasteiger partial charge in [-0.1, -0.05) is 11.3 Å². The number of hydrogen-bond donors (Lipinski definition) is 3. The average molecular weight is 265 g/mol. The SMILES string of the molecule is Nc1ccc2nc(NCC3(O)CCOC3)sc2c1. The molecular formula is C12H15N3O2S. The van der Waals surface area contributed by atoms with E-state index in [1.54, 1.807) is 0 Å². The molecule has 96 valence electrons. The standard InChI is InChI=1S/C12H15N3O2S/c13-8-1-2-9-10(5-8)18-11(15-9)14-6-12(16)3-4-17-7-12/h1-2,5,16H,3-4,6-7,13H2,(H,14,15). The molecule has 1 unspecified atom stereocenters. The van der Waals surface area contributed by atoms with Crippen LogP contribution < -0.4 is 11.1 Å². The Morgan fingerprint density at radius 3 is 3.22 bits per heavy atom. The van der Waals surface area contributed by atoms with Gasteiger partial charge in [0.1, 0.15) is 5.60 Å². The first-order chi connectivity index (χ1) is 8.65. The van der Waals surface area contributed by atoms with Crippen molar-refractivity contribution in [1.82, 2.24) is 4.98 Å². The van der Waals surface area contributed by atoms with E-state index in [4.69, 9.17) is 10.5 Å². The van der Waals surface area contributed by atoms with Crippen molar-refractivity contribution in [3.05, 3.63) is 18.2 Å². The number of thiazole rings is 1. The van der Waals surface area contributed by atoms with Gasteiger partial charge in [0, 0.05) is 25.3 Å². The van der Waals surface area contributed by atoms with Crippen LogP contribution in [0.1, 0.15) is 6.42 Å². The summed E-state index contributed by atoms with van der Waals surface area (Å²) in [4.78, 5) is 4.45. The number of aromatic nitrogens is 1. The summed E-state index contributed by atoms with van der Waals surface area (Å²) < 4.78 is 6.25. The second-order valence-corrected chi connectivity index (χ2v) is 5.66. The molecule has 3 rings (SSSR count). The Morgan fingerprint density at radius 2 is 2.44 bits per heavy atom. The lowest BCUT2D eigenvalue weighted by molar-refractivity contribution is 0.0382. The number of nitrogens with zero attached hydrogens (tertiary/aromatic N) is 1. The first-order valence-corrected chi connectivity index (χ1v) is 6.66. The van der Waals surface area contributed by atoms with Gasteiger partial charge in [-0.15, -0.1) is 0 Å². The largest absolute Gasteiger partial charge is 0.399 e. The zero-order valence-corrected chi connectivity index (χ0v) is 10.7. The van der Waals surface area contributed by atoms with E-state index in [2.05, 4.69) is 10.3 Å². The molecule has 1 fully saturated rings. The molecule has 1 atom stereocenters. The topological polar surface area (TPSA) is 80.4 Å². The molecule has 2 heterocycles. The van der Waals surface area contributed by atoms with Gasteiger partial charge in [-0.3, -0.25) is 0 Å². The molecule has 0 saturated carbocycles. The van der Waals surface area contributed by atoms with Gasteiger partial charge >= 0.3 is 0 Å². The van der Waals surface area contributed by atoms with Crippen LogP contribution in [0, 0.1) is 0 Å². The van der Waals surface area contributed by atoms with Crippen LogP contribution in [-0.4, -0.2) is 35.5 Å². The van der Waals surface area contributed by atoms with E-state index >= 15 is 0 Å². The number of ether oxygens (including phenoxy) is 1. The van der Waals surface area contributed by atoms with Crippen LogP contribution in [0.5, 0.6) is 0 Å². The van der Waals surface area contributed by atoms with Crippen LogP contribution in [0.3, 0.4) is 0 Å². The number of nitrogens with one attached hydrogen (secondary N) is 1. The minimum Gasteiger partial charge on any atom is -0.399 e. The third-order valence-electron chi connectivity index (χ3n) is 3.06. The molecule has 1 aliphatic rings. The van der Waals surface area contributed by atoms with Gasteiger partial charge in [-0.2, -0.15) is 0 Å². The van der Waals surface area contributed by atoms with Crippen molar-refractivity contribution in [3.63, 3.8) is 0 Å². The Bertz CT molecular complexity index is 563. The Kier molecular flexibility index (Phi) is 2.85. The molecule has 1 aromatic carbocycles. The van der Waals surface area contributed by atoms with E-state index in [-0.39, 0.29) is 0 Å². The highest BCUT2D eigenvalue weighted by Gasteiger charge is 2.32. The maximum Gasteiger partial charge on any atom is 0.183 e. The summed E-state index contributed by atoms with van der Waals surface area (Å²) in [7, 11) is 0. The first kappa shape index (κ1) is 11.7. The summed E-state index contributed by atoms with van der Waals surface area (Å²) >= 11 is 1.54. The quantitative estimate of drug-likeness (QED) is 0.732. The van der Waals surface area contributed by atoms with Gasteiger partial charge in [-0.25, -0.2) is 4.98 Å². The van der Waals surface area contributed by atoms with Crippen LogP contribution >= 0.6 is 11.3 Å². The summed E-state index contributed by atoms with van der Waals surface area (Å²) in [5, 5.41) is 14.1. The number of fused-ring (bicyclic) bond motifs is 1. The normalized spacial score (nSPS) is 23.6. The van der Waals surface area contributed by atoms with Crippen LogP contribution in [0.15, 0.2) is 18.2 Å². The molecule has 0 radical (unpaired) electrons. The van der Waals surface area contributed by atoms with Gasteiger partial charge in [0.2, 0.25) is 0 Å². The van der Waals surface area contributed by atoms with Crippen molar-refractivity contribution < 1.29 is 9.84 Å². The number of nitrogens with two attached hydrogens (primary N) is 1. The second-order valence-electron chi connectivity index (χ2n) is 4.63. The van der Waals surface area contributed by atoms with Gasteiger partial charge in [0.25, 0.3) is 0 Å². The number of aliphatic hydroxyl groups is 1. The minimum absolute atomic E-state index is 0.387. The van der Waals surface area contributed by atoms with Gasteiger partial charge in [0.15, 0.2) is 5.13 Å². The summed E-state index contributed by atoms with van der Waals surface area (Å²) in [6.07, 6.45) is 0.665. The molecule has 1 aromatic heterocycles. The van der Waals surface area contributed by atoms with Crippen molar-refractivity contribution in [3.8, 4) is 0 Å². The van der Waals surface area contributed by atoms with Crippen LogP contribution in [0.2, 0.25) is 0 Å². The van der Waals surface area contributed by atoms with Crippen LogP contribution in [0.25, 0.3) is 10.2 Å². The highest BCUT2D eigenvalue weighted by atomic mass is 32.1. The molecule has 5 nitrogen and oxygen atoms in total. The summed E-state index contributed by atoms with van der Waals surface area (Å²) in [5.41, 5.74) is 6.62. The molecular weight excluding hydrogens is 250 g/mol. The summed E-state index contributed by atoms with van der Waals surface area (Å²) in [6.45, 7) is 1.47. The Labute approximate surface area is 109 Å². The third kappa shape index (κ3) is 2.27. The monoisotopic (exact) mass is 265 g/mol. The minimum atomic E-state index is -0.767. The smallest absolute Gasteiger partial charge is 0.183 e. The Balaban J connectivity index is 1.74. The number of anilines is 2. The number of nitrogen functional groups attached to an aromatic ring is 1. The number of benzene rings is 1. The van der Waals surface area contributed by atoms with Crippen molar-refractivity contribution in [1.29, 1.82) is 0 Å². The highest BCUT2D eigenvalue weighted by Crippen LogP contribution is 2.28. The predicted octanol–water partition coefficient (Wildman–Crippen LogP) is 1.44. The number of rotatable bonds is 3. The molecule has 2 aromatic rings. The molecule has 0 amide bonds. The lowest BCUT2D eigenvalue weighted by Crippen LogP contribution is -2.37. The van der Waals surface area contributed by atoms with E-state index < -0.39 is 5.60 Å². The van der Waals surface area contributed by atoms with Crippen LogP contribution in [-0.2, 0) is 4.74 Å². The Hall–Kier alpha value is -1.37. The fraction of sp³-hybridized carbons (Fsp3) is 0.417. The first-order valence-electron chi connectivity index (χ1n) is 5.85. The number of hydrogen-bond acceptors (Lipinski definition) is 6. The van der Waals surface area contributed by atoms with Crippen molar-refractivity contribution in [2.45, 2.75) is 12.0 Å². The zero-order chi connectivity index (χ0) is 12.6. The molecule has 6 heteroatoms. The van der Waals surface area contributed by atoms with E-state index in [0.29, 0.717) is 26.2 Å². The Morgan fingerprint density at radius 1 is 1.56 bits per heavy atom. The van der Waals surface area contributed by atoms with Crippen molar-refractivity contribution in [2.24, 2.45) is 0 Å². The van der Waals surface area contributed by atoms with Gasteiger partial charge in [0.05, 0.1) is 16.8 Å². The van der Waals surface area contributed by atoms with Gasteiger partial charge < -0.3 is 20.9 Å². The predicted molar refractivity (Wildman–Crippen MR) is 72.9 cm³/mol. The zero-order valence-electron chi connectivity index (χ0n) is 9.85. The van der Waals surface area contributed by atoms with E-state index in [1.165, 1.54) is 11.3 Å².